The van der Waals surface area contributed by atoms with Crippen LogP contribution in [0.15, 0.2) is 29.0 Å². The lowest BCUT2D eigenvalue weighted by Gasteiger charge is -2.06. The minimum atomic E-state index is 0.903. The van der Waals surface area contributed by atoms with Crippen molar-refractivity contribution in [3.63, 3.8) is 0 Å². The lowest BCUT2D eigenvalue weighted by molar-refractivity contribution is 0.913. The van der Waals surface area contributed by atoms with Crippen LogP contribution in [0.2, 0.25) is 0 Å². The minimum Gasteiger partial charge on any atom is -0.379 e. The van der Waals surface area contributed by atoms with Crippen LogP contribution >= 0.6 is 27.3 Å². The predicted octanol–water partition coefficient (Wildman–Crippen LogP) is 4.01. The molecule has 0 aliphatic heterocycles. The van der Waals surface area contributed by atoms with Gasteiger partial charge in [0.25, 0.3) is 0 Å². The second-order valence-corrected chi connectivity index (χ2v) is 6.30. The molecule has 88 valence electrons. The van der Waals surface area contributed by atoms with Gasteiger partial charge in [-0.1, -0.05) is 0 Å². The molecule has 0 saturated heterocycles. The second-order valence-electron chi connectivity index (χ2n) is 4.22. The minimum absolute atomic E-state index is 0.903. The highest BCUT2D eigenvalue weighted by atomic mass is 79.9. The molecule has 0 saturated carbocycles. The molecule has 0 atom stereocenters. The molecule has 1 N–H and O–H groups in total. The highest BCUT2D eigenvalue weighted by Gasteiger charge is 2.14. The smallest absolute Gasteiger partial charge is 0.0590 e. The Morgan fingerprint density at radius 2 is 2.35 bits per heavy atom. The largest absolute Gasteiger partial charge is 0.379 e. The van der Waals surface area contributed by atoms with Crippen molar-refractivity contribution in [1.82, 2.24) is 4.98 Å². The molecule has 0 radical (unpaired) electrons. The monoisotopic (exact) mass is 308 g/mol. The molecule has 0 aromatic carbocycles. The van der Waals surface area contributed by atoms with E-state index in [2.05, 4.69) is 32.3 Å². The second kappa shape index (κ2) is 4.78. The highest BCUT2D eigenvalue weighted by Crippen LogP contribution is 2.31. The number of hydrogen-bond acceptors (Lipinski definition) is 3. The van der Waals surface area contributed by atoms with Crippen LogP contribution in [0.3, 0.4) is 0 Å². The molecule has 2 aromatic heterocycles. The summed E-state index contributed by atoms with van der Waals surface area (Å²) in [5.74, 6) is 0. The van der Waals surface area contributed by atoms with Crippen LogP contribution in [0.1, 0.15) is 21.7 Å². The SMILES string of the molecule is Brc1cnccc1NCc1cc2c(s1)CCC2. The highest BCUT2D eigenvalue weighted by molar-refractivity contribution is 9.10. The molecule has 4 heteroatoms. The van der Waals surface area contributed by atoms with E-state index in [4.69, 9.17) is 0 Å². The Bertz CT molecular complexity index is 514. The lowest BCUT2D eigenvalue weighted by atomic mass is 10.2. The quantitative estimate of drug-likeness (QED) is 0.927. The Morgan fingerprint density at radius 1 is 1.41 bits per heavy atom. The van der Waals surface area contributed by atoms with Gasteiger partial charge in [0.05, 0.1) is 10.2 Å². The van der Waals surface area contributed by atoms with E-state index in [1.54, 1.807) is 10.4 Å². The third kappa shape index (κ3) is 2.38. The zero-order valence-electron chi connectivity index (χ0n) is 9.37. The van der Waals surface area contributed by atoms with Gasteiger partial charge in [0.2, 0.25) is 0 Å². The number of fused-ring (bicyclic) bond motifs is 1. The maximum atomic E-state index is 4.06. The summed E-state index contributed by atoms with van der Waals surface area (Å²) in [5.41, 5.74) is 2.68. The summed E-state index contributed by atoms with van der Waals surface area (Å²) in [6.45, 7) is 0.903. The number of pyridine rings is 1. The number of hydrogen-bond donors (Lipinski definition) is 1. The molecule has 2 nitrogen and oxygen atoms in total. The Morgan fingerprint density at radius 3 is 3.18 bits per heavy atom. The average molecular weight is 309 g/mol. The molecular formula is C13H13BrN2S. The fourth-order valence-corrected chi connectivity index (χ4v) is 3.77. The van der Waals surface area contributed by atoms with Gasteiger partial charge in [-0.05, 0) is 52.9 Å². The molecule has 2 aromatic rings. The summed E-state index contributed by atoms with van der Waals surface area (Å²) >= 11 is 5.45. The van der Waals surface area contributed by atoms with E-state index in [1.165, 1.54) is 24.1 Å². The molecule has 17 heavy (non-hydrogen) atoms. The Kier molecular flexibility index (Phi) is 3.16. The number of aromatic nitrogens is 1. The summed E-state index contributed by atoms with van der Waals surface area (Å²) in [6.07, 6.45) is 7.51. The van der Waals surface area contributed by atoms with Crippen molar-refractivity contribution in [2.24, 2.45) is 0 Å². The van der Waals surface area contributed by atoms with Crippen molar-refractivity contribution < 1.29 is 0 Å². The van der Waals surface area contributed by atoms with Crippen molar-refractivity contribution in [3.05, 3.63) is 44.3 Å². The standard InChI is InChI=1S/C13H13BrN2S/c14-11-8-15-5-4-12(11)16-7-10-6-9-2-1-3-13(9)17-10/h4-6,8H,1-3,7H2,(H,15,16). The van der Waals surface area contributed by atoms with Crippen molar-refractivity contribution >= 4 is 33.0 Å². The number of halogens is 1. The van der Waals surface area contributed by atoms with Gasteiger partial charge in [-0.2, -0.15) is 0 Å². The van der Waals surface area contributed by atoms with Crippen molar-refractivity contribution in [3.8, 4) is 0 Å². The van der Waals surface area contributed by atoms with Gasteiger partial charge in [0.1, 0.15) is 0 Å². The van der Waals surface area contributed by atoms with Crippen LogP contribution in [0, 0.1) is 0 Å². The third-order valence-electron chi connectivity index (χ3n) is 3.02. The first-order valence-corrected chi connectivity index (χ1v) is 7.38. The molecule has 0 amide bonds. The summed E-state index contributed by atoms with van der Waals surface area (Å²) in [6, 6.07) is 4.35. The van der Waals surface area contributed by atoms with E-state index in [0.29, 0.717) is 0 Å². The lowest BCUT2D eigenvalue weighted by Crippen LogP contribution is -1.98. The van der Waals surface area contributed by atoms with E-state index in [9.17, 15) is 0 Å². The van der Waals surface area contributed by atoms with E-state index < -0.39 is 0 Å². The van der Waals surface area contributed by atoms with Crippen LogP contribution in [-0.4, -0.2) is 4.98 Å². The Hall–Kier alpha value is -0.870. The fraction of sp³-hybridized carbons (Fsp3) is 0.308. The molecular weight excluding hydrogens is 296 g/mol. The van der Waals surface area contributed by atoms with Gasteiger partial charge in [-0.25, -0.2) is 0 Å². The zero-order valence-corrected chi connectivity index (χ0v) is 11.8. The molecule has 0 fully saturated rings. The first-order valence-electron chi connectivity index (χ1n) is 5.77. The number of nitrogens with zero attached hydrogens (tertiary/aromatic N) is 1. The normalized spacial score (nSPS) is 13.7. The topological polar surface area (TPSA) is 24.9 Å². The number of nitrogens with one attached hydrogen (secondary N) is 1. The first-order chi connectivity index (χ1) is 8.33. The molecule has 1 aliphatic rings. The molecule has 2 heterocycles. The van der Waals surface area contributed by atoms with Crippen molar-refractivity contribution in [2.45, 2.75) is 25.8 Å². The van der Waals surface area contributed by atoms with Gasteiger partial charge in [-0.3, -0.25) is 4.98 Å². The number of aryl methyl sites for hydroxylation is 2. The molecule has 0 bridgehead atoms. The molecule has 1 aliphatic carbocycles. The Balaban J connectivity index is 1.70. The number of anilines is 1. The van der Waals surface area contributed by atoms with Gasteiger partial charge < -0.3 is 5.32 Å². The summed E-state index contributed by atoms with van der Waals surface area (Å²) in [7, 11) is 0. The van der Waals surface area contributed by atoms with E-state index >= 15 is 0 Å². The zero-order chi connectivity index (χ0) is 11.7. The number of thiophene rings is 1. The van der Waals surface area contributed by atoms with Gasteiger partial charge >= 0.3 is 0 Å². The first kappa shape index (κ1) is 11.2. The summed E-state index contributed by atoms with van der Waals surface area (Å²) < 4.78 is 1.02. The predicted molar refractivity (Wildman–Crippen MR) is 75.6 cm³/mol. The summed E-state index contributed by atoms with van der Waals surface area (Å²) in [5, 5.41) is 3.44. The molecule has 0 spiro atoms. The average Bonchev–Trinajstić information content (AvgIpc) is 2.88. The van der Waals surface area contributed by atoms with Crippen molar-refractivity contribution in [1.29, 1.82) is 0 Å². The van der Waals surface area contributed by atoms with Gasteiger partial charge in [-0.15, -0.1) is 11.3 Å². The van der Waals surface area contributed by atoms with Crippen LogP contribution < -0.4 is 5.32 Å². The van der Waals surface area contributed by atoms with Crippen LogP contribution in [0.5, 0.6) is 0 Å². The fourth-order valence-electron chi connectivity index (χ4n) is 2.18. The summed E-state index contributed by atoms with van der Waals surface area (Å²) in [4.78, 5) is 7.08. The van der Waals surface area contributed by atoms with Gasteiger partial charge in [0, 0.05) is 28.7 Å². The maximum Gasteiger partial charge on any atom is 0.0590 e. The van der Waals surface area contributed by atoms with Gasteiger partial charge in [0.15, 0.2) is 0 Å². The van der Waals surface area contributed by atoms with Crippen molar-refractivity contribution in [2.75, 3.05) is 5.32 Å². The third-order valence-corrected chi connectivity index (χ3v) is 4.89. The van der Waals surface area contributed by atoms with E-state index in [-0.39, 0.29) is 0 Å². The number of rotatable bonds is 3. The van der Waals surface area contributed by atoms with E-state index in [0.717, 1.165) is 16.7 Å². The Labute approximate surface area is 113 Å². The van der Waals surface area contributed by atoms with Crippen LogP contribution in [-0.2, 0) is 19.4 Å². The van der Waals surface area contributed by atoms with Crippen LogP contribution in [0.4, 0.5) is 5.69 Å². The molecule has 0 unspecified atom stereocenters. The maximum absolute atomic E-state index is 4.06. The van der Waals surface area contributed by atoms with E-state index in [1.807, 2.05) is 29.8 Å². The molecule has 3 rings (SSSR count). The van der Waals surface area contributed by atoms with Crippen LogP contribution in [0.25, 0.3) is 0 Å².